The average molecular weight is 324 g/mol. The normalized spacial score (nSPS) is 12.5. The first-order chi connectivity index (χ1) is 10.2. The first-order valence-corrected chi connectivity index (χ1v) is 8.63. The van der Waals surface area contributed by atoms with Gasteiger partial charge in [0.2, 0.25) is 0 Å². The summed E-state index contributed by atoms with van der Waals surface area (Å²) < 4.78 is 2.09. The van der Waals surface area contributed by atoms with Gasteiger partial charge in [0, 0.05) is 47.6 Å². The summed E-state index contributed by atoms with van der Waals surface area (Å²) in [6.45, 7) is 3.15. The Morgan fingerprint density at radius 2 is 2.10 bits per heavy atom. The lowest BCUT2D eigenvalue weighted by atomic mass is 10.2. The summed E-state index contributed by atoms with van der Waals surface area (Å²) in [6, 6.07) is 8.54. The zero-order chi connectivity index (χ0) is 15.1. The van der Waals surface area contributed by atoms with Crippen LogP contribution >= 0.6 is 23.4 Å². The van der Waals surface area contributed by atoms with Crippen LogP contribution in [0.1, 0.15) is 19.2 Å². The Balaban J connectivity index is 1.83. The number of benzene rings is 1. The van der Waals surface area contributed by atoms with Crippen LogP contribution in [-0.2, 0) is 13.5 Å². The number of nitrogens with zero attached hydrogens (tertiary/aromatic N) is 2. The lowest BCUT2D eigenvalue weighted by Gasteiger charge is -2.17. The number of hydrogen-bond acceptors (Lipinski definition) is 3. The van der Waals surface area contributed by atoms with Crippen LogP contribution in [0.15, 0.2) is 41.6 Å². The first kappa shape index (κ1) is 16.4. The van der Waals surface area contributed by atoms with E-state index >= 15 is 0 Å². The summed E-state index contributed by atoms with van der Waals surface area (Å²) in [6.07, 6.45) is 5.96. The van der Waals surface area contributed by atoms with Crippen LogP contribution in [0, 0.1) is 0 Å². The number of hydrogen-bond donors (Lipinski definition) is 1. The summed E-state index contributed by atoms with van der Waals surface area (Å²) in [7, 11) is 2.05. The van der Waals surface area contributed by atoms with Gasteiger partial charge in [0.25, 0.3) is 0 Å². The second kappa shape index (κ2) is 8.47. The van der Waals surface area contributed by atoms with Crippen molar-refractivity contribution in [2.45, 2.75) is 30.7 Å². The summed E-state index contributed by atoms with van der Waals surface area (Å²) >= 11 is 7.79. The van der Waals surface area contributed by atoms with Crippen molar-refractivity contribution in [3.63, 3.8) is 0 Å². The first-order valence-electron chi connectivity index (χ1n) is 7.27. The van der Waals surface area contributed by atoms with Crippen molar-refractivity contribution in [3.05, 3.63) is 47.5 Å². The monoisotopic (exact) mass is 323 g/mol. The zero-order valence-electron chi connectivity index (χ0n) is 12.6. The van der Waals surface area contributed by atoms with Crippen LogP contribution < -0.4 is 5.32 Å². The third kappa shape index (κ3) is 5.38. The molecule has 5 heteroatoms. The van der Waals surface area contributed by atoms with Gasteiger partial charge in [0.1, 0.15) is 5.82 Å². The molecule has 3 nitrogen and oxygen atoms in total. The molecule has 0 spiro atoms. The fourth-order valence-electron chi connectivity index (χ4n) is 2.20. The number of thioether (sulfide) groups is 1. The fourth-order valence-corrected chi connectivity index (χ4v) is 3.33. The maximum atomic E-state index is 5.91. The van der Waals surface area contributed by atoms with Crippen molar-refractivity contribution in [3.8, 4) is 0 Å². The molecule has 1 aromatic carbocycles. The Hall–Kier alpha value is -0.970. The summed E-state index contributed by atoms with van der Waals surface area (Å²) in [5.41, 5.74) is 0. The molecule has 0 saturated carbocycles. The van der Waals surface area contributed by atoms with Gasteiger partial charge in [-0.3, -0.25) is 0 Å². The van der Waals surface area contributed by atoms with Crippen LogP contribution in [0.2, 0.25) is 5.02 Å². The van der Waals surface area contributed by atoms with E-state index in [1.54, 1.807) is 0 Å². The number of aromatic nitrogens is 2. The molecular weight excluding hydrogens is 302 g/mol. The maximum Gasteiger partial charge on any atom is 0.108 e. The van der Waals surface area contributed by atoms with Gasteiger partial charge in [-0.1, -0.05) is 18.5 Å². The minimum absolute atomic E-state index is 0.493. The maximum absolute atomic E-state index is 5.91. The van der Waals surface area contributed by atoms with E-state index in [9.17, 15) is 0 Å². The molecule has 1 aromatic heterocycles. The lowest BCUT2D eigenvalue weighted by molar-refractivity contribution is 0.526. The van der Waals surface area contributed by atoms with Crippen molar-refractivity contribution in [2.75, 3.05) is 12.3 Å². The Morgan fingerprint density at radius 3 is 2.71 bits per heavy atom. The lowest BCUT2D eigenvalue weighted by Crippen LogP contribution is -2.31. The molecule has 1 unspecified atom stereocenters. The van der Waals surface area contributed by atoms with Gasteiger partial charge in [-0.25, -0.2) is 4.98 Å². The Kier molecular flexibility index (Phi) is 6.61. The zero-order valence-corrected chi connectivity index (χ0v) is 14.1. The quantitative estimate of drug-likeness (QED) is 0.750. The third-order valence-corrected chi connectivity index (χ3v) is 4.82. The highest BCUT2D eigenvalue weighted by atomic mass is 35.5. The predicted molar refractivity (Wildman–Crippen MR) is 91.2 cm³/mol. The van der Waals surface area contributed by atoms with Gasteiger partial charge in [-0.2, -0.15) is 0 Å². The minimum atomic E-state index is 0.493. The number of halogens is 1. The number of aryl methyl sites for hydroxylation is 2. The number of rotatable bonds is 8. The van der Waals surface area contributed by atoms with Gasteiger partial charge in [0.05, 0.1) is 0 Å². The highest BCUT2D eigenvalue weighted by Gasteiger charge is 2.10. The average Bonchev–Trinajstić information content (AvgIpc) is 2.89. The fraction of sp³-hybridized carbons (Fsp3) is 0.438. The second-order valence-corrected chi connectivity index (χ2v) is 6.54. The molecular formula is C16H22ClN3S. The minimum Gasteiger partial charge on any atom is -0.338 e. The number of imidazole rings is 1. The Bertz CT molecular complexity index is 539. The molecule has 0 bridgehead atoms. The molecule has 2 rings (SSSR count). The Labute approximate surface area is 136 Å². The van der Waals surface area contributed by atoms with Crippen molar-refractivity contribution < 1.29 is 0 Å². The number of nitrogens with one attached hydrogen (secondary N) is 1. The van der Waals surface area contributed by atoms with E-state index in [0.29, 0.717) is 6.04 Å². The second-order valence-electron chi connectivity index (χ2n) is 5.01. The van der Waals surface area contributed by atoms with Crippen LogP contribution in [-0.4, -0.2) is 27.9 Å². The van der Waals surface area contributed by atoms with E-state index in [-0.39, 0.29) is 0 Å². The van der Waals surface area contributed by atoms with E-state index in [2.05, 4.69) is 33.9 Å². The van der Waals surface area contributed by atoms with Crippen LogP contribution in [0.3, 0.4) is 0 Å². The molecule has 0 aliphatic heterocycles. The van der Waals surface area contributed by atoms with Crippen LogP contribution in [0.4, 0.5) is 0 Å². The predicted octanol–water partition coefficient (Wildman–Crippen LogP) is 3.78. The smallest absolute Gasteiger partial charge is 0.108 e. The molecule has 0 amide bonds. The van der Waals surface area contributed by atoms with E-state index in [1.165, 1.54) is 4.90 Å². The Morgan fingerprint density at radius 1 is 1.33 bits per heavy atom. The van der Waals surface area contributed by atoms with Crippen LogP contribution in [0.5, 0.6) is 0 Å². The topological polar surface area (TPSA) is 29.9 Å². The third-order valence-electron chi connectivity index (χ3n) is 3.39. The molecule has 21 heavy (non-hydrogen) atoms. The van der Waals surface area contributed by atoms with Crippen molar-refractivity contribution >= 4 is 23.4 Å². The van der Waals surface area contributed by atoms with Gasteiger partial charge in [0.15, 0.2) is 0 Å². The van der Waals surface area contributed by atoms with Gasteiger partial charge >= 0.3 is 0 Å². The van der Waals surface area contributed by atoms with Crippen LogP contribution in [0.25, 0.3) is 0 Å². The molecule has 1 heterocycles. The molecule has 2 aromatic rings. The molecule has 1 atom stereocenters. The van der Waals surface area contributed by atoms with Crippen molar-refractivity contribution in [1.82, 2.24) is 14.9 Å². The molecule has 0 saturated heterocycles. The molecule has 114 valence electrons. The van der Waals surface area contributed by atoms with Gasteiger partial charge < -0.3 is 9.88 Å². The van der Waals surface area contributed by atoms with Crippen molar-refractivity contribution in [2.24, 2.45) is 7.05 Å². The SMILES string of the molecule is CCNC(CCc1nccn1C)CSc1ccc(Cl)cc1. The highest BCUT2D eigenvalue weighted by molar-refractivity contribution is 7.99. The van der Waals surface area contributed by atoms with E-state index in [0.717, 1.165) is 36.0 Å². The van der Waals surface area contributed by atoms with E-state index < -0.39 is 0 Å². The summed E-state index contributed by atoms with van der Waals surface area (Å²) in [5, 5.41) is 4.35. The highest BCUT2D eigenvalue weighted by Crippen LogP contribution is 2.22. The molecule has 0 fully saturated rings. The van der Waals surface area contributed by atoms with Crippen molar-refractivity contribution in [1.29, 1.82) is 0 Å². The van der Waals surface area contributed by atoms with E-state index in [4.69, 9.17) is 11.6 Å². The van der Waals surface area contributed by atoms with Gasteiger partial charge in [-0.15, -0.1) is 11.8 Å². The van der Waals surface area contributed by atoms with Gasteiger partial charge in [-0.05, 0) is 37.2 Å². The van der Waals surface area contributed by atoms with E-state index in [1.807, 2.05) is 43.3 Å². The molecule has 0 aliphatic rings. The molecule has 1 N–H and O–H groups in total. The largest absolute Gasteiger partial charge is 0.338 e. The summed E-state index contributed by atoms with van der Waals surface area (Å²) in [5.74, 6) is 2.20. The molecule has 0 aliphatic carbocycles. The molecule has 0 radical (unpaired) electrons. The standard InChI is InChI=1S/C16H22ClN3S/c1-3-18-14(6-9-16-19-10-11-20(16)2)12-21-15-7-4-13(17)5-8-15/h4-5,7-8,10-11,14,18H,3,6,9,12H2,1-2H3. The summed E-state index contributed by atoms with van der Waals surface area (Å²) in [4.78, 5) is 5.65.